The molecule has 1 N–H and O–H groups in total. The number of carbonyl (C=O) groups is 1. The van der Waals surface area contributed by atoms with E-state index >= 15 is 0 Å². The molecule has 1 rings (SSSR count). The summed E-state index contributed by atoms with van der Waals surface area (Å²) < 4.78 is 0. The van der Waals surface area contributed by atoms with Gasteiger partial charge < -0.3 is 5.11 Å². The molecule has 1 unspecified atom stereocenters. The van der Waals surface area contributed by atoms with Crippen LogP contribution in [-0.4, -0.2) is 17.0 Å². The second-order valence-corrected chi connectivity index (χ2v) is 4.95. The van der Waals surface area contributed by atoms with Gasteiger partial charge in [-0.2, -0.15) is 0 Å². The summed E-state index contributed by atoms with van der Waals surface area (Å²) in [5, 5.41) is 9.40. The highest BCUT2D eigenvalue weighted by Gasteiger charge is 2.31. The van der Waals surface area contributed by atoms with E-state index in [2.05, 4.69) is 13.8 Å². The highest BCUT2D eigenvalue weighted by atomic mass is 16.3. The number of aliphatic hydroxyl groups excluding tert-OH is 1. The van der Waals surface area contributed by atoms with Crippen molar-refractivity contribution in [1.82, 2.24) is 0 Å². The van der Waals surface area contributed by atoms with E-state index in [0.29, 0.717) is 17.6 Å². The van der Waals surface area contributed by atoms with E-state index in [1.165, 1.54) is 0 Å². The molecular formula is C12H22O2. The number of carbonyl (C=O) groups excluding carboxylic acids is 1. The van der Waals surface area contributed by atoms with Crippen LogP contribution in [-0.2, 0) is 4.79 Å². The van der Waals surface area contributed by atoms with Crippen LogP contribution >= 0.6 is 0 Å². The van der Waals surface area contributed by atoms with Crippen molar-refractivity contribution in [3.63, 3.8) is 0 Å². The standard InChI is InChI=1S/C12H22O2/c1-8(2)12(9(3)13)10-4-6-11(14)7-5-10/h8,10-12,14H,4-7H2,1-3H3. The number of Topliss-reactive ketones (excluding diaryl/α,β-unsaturated/α-hetero) is 1. The van der Waals surface area contributed by atoms with Gasteiger partial charge in [0.1, 0.15) is 5.78 Å². The second-order valence-electron chi connectivity index (χ2n) is 4.95. The molecule has 0 radical (unpaired) electrons. The first kappa shape index (κ1) is 11.7. The number of hydrogen-bond donors (Lipinski definition) is 1. The Morgan fingerprint density at radius 3 is 2.07 bits per heavy atom. The highest BCUT2D eigenvalue weighted by molar-refractivity contribution is 5.78. The van der Waals surface area contributed by atoms with Crippen LogP contribution in [0.5, 0.6) is 0 Å². The van der Waals surface area contributed by atoms with E-state index in [1.807, 2.05) is 0 Å². The summed E-state index contributed by atoms with van der Waals surface area (Å²) >= 11 is 0. The van der Waals surface area contributed by atoms with Gasteiger partial charge in [-0.05, 0) is 44.4 Å². The number of rotatable bonds is 3. The van der Waals surface area contributed by atoms with Gasteiger partial charge in [0.2, 0.25) is 0 Å². The van der Waals surface area contributed by atoms with E-state index < -0.39 is 0 Å². The summed E-state index contributed by atoms with van der Waals surface area (Å²) in [7, 11) is 0. The molecule has 2 heteroatoms. The van der Waals surface area contributed by atoms with Crippen LogP contribution in [0.4, 0.5) is 0 Å². The molecule has 0 aromatic heterocycles. The molecule has 0 spiro atoms. The number of aliphatic hydroxyl groups is 1. The lowest BCUT2D eigenvalue weighted by atomic mass is 9.73. The van der Waals surface area contributed by atoms with Crippen molar-refractivity contribution in [2.45, 2.75) is 52.6 Å². The molecule has 0 amide bonds. The summed E-state index contributed by atoms with van der Waals surface area (Å²) in [5.41, 5.74) is 0. The zero-order chi connectivity index (χ0) is 10.7. The fourth-order valence-corrected chi connectivity index (χ4v) is 2.81. The van der Waals surface area contributed by atoms with Gasteiger partial charge in [0.25, 0.3) is 0 Å². The summed E-state index contributed by atoms with van der Waals surface area (Å²) in [4.78, 5) is 11.5. The first-order valence-corrected chi connectivity index (χ1v) is 5.71. The SMILES string of the molecule is CC(=O)C(C(C)C)C1CCC(O)CC1. The van der Waals surface area contributed by atoms with Crippen LogP contribution in [0.15, 0.2) is 0 Å². The Morgan fingerprint density at radius 2 is 1.71 bits per heavy atom. The molecule has 0 saturated heterocycles. The molecule has 1 saturated carbocycles. The topological polar surface area (TPSA) is 37.3 Å². The molecule has 0 heterocycles. The Morgan fingerprint density at radius 1 is 1.21 bits per heavy atom. The maximum absolute atomic E-state index is 11.5. The summed E-state index contributed by atoms with van der Waals surface area (Å²) in [6.07, 6.45) is 3.67. The molecule has 14 heavy (non-hydrogen) atoms. The van der Waals surface area contributed by atoms with E-state index in [4.69, 9.17) is 0 Å². The Bertz CT molecular complexity index is 190. The van der Waals surface area contributed by atoms with Crippen LogP contribution in [0.3, 0.4) is 0 Å². The Hall–Kier alpha value is -0.370. The monoisotopic (exact) mass is 198 g/mol. The normalized spacial score (nSPS) is 30.4. The molecule has 2 nitrogen and oxygen atoms in total. The summed E-state index contributed by atoms with van der Waals surface area (Å²) in [6, 6.07) is 0. The Balaban J connectivity index is 2.56. The molecule has 1 fully saturated rings. The minimum absolute atomic E-state index is 0.119. The van der Waals surface area contributed by atoms with Gasteiger partial charge in [-0.1, -0.05) is 13.8 Å². The largest absolute Gasteiger partial charge is 0.393 e. The second kappa shape index (κ2) is 4.92. The molecule has 0 bridgehead atoms. The Labute approximate surface area is 86.7 Å². The first-order chi connectivity index (χ1) is 6.52. The van der Waals surface area contributed by atoms with Crippen LogP contribution < -0.4 is 0 Å². The predicted octanol–water partition coefficient (Wildman–Crippen LogP) is 2.40. The number of ketones is 1. The van der Waals surface area contributed by atoms with Gasteiger partial charge in [-0.15, -0.1) is 0 Å². The van der Waals surface area contributed by atoms with Gasteiger partial charge in [0.15, 0.2) is 0 Å². The average Bonchev–Trinajstić information content (AvgIpc) is 2.07. The molecule has 82 valence electrons. The van der Waals surface area contributed by atoms with Gasteiger partial charge in [0, 0.05) is 5.92 Å². The van der Waals surface area contributed by atoms with Crippen molar-refractivity contribution in [3.8, 4) is 0 Å². The minimum atomic E-state index is -0.119. The van der Waals surface area contributed by atoms with Crippen LogP contribution in [0.25, 0.3) is 0 Å². The molecule has 1 aliphatic rings. The third-order valence-corrected chi connectivity index (χ3v) is 3.44. The minimum Gasteiger partial charge on any atom is -0.393 e. The average molecular weight is 198 g/mol. The van der Waals surface area contributed by atoms with Crippen molar-refractivity contribution >= 4 is 5.78 Å². The van der Waals surface area contributed by atoms with Gasteiger partial charge in [-0.3, -0.25) is 4.79 Å². The van der Waals surface area contributed by atoms with E-state index in [1.54, 1.807) is 6.92 Å². The first-order valence-electron chi connectivity index (χ1n) is 5.71. The third-order valence-electron chi connectivity index (χ3n) is 3.44. The fourth-order valence-electron chi connectivity index (χ4n) is 2.81. The molecule has 1 atom stereocenters. The quantitative estimate of drug-likeness (QED) is 0.756. The van der Waals surface area contributed by atoms with Crippen LogP contribution in [0, 0.1) is 17.8 Å². The van der Waals surface area contributed by atoms with E-state index in [0.717, 1.165) is 25.7 Å². The molecule has 0 aliphatic heterocycles. The predicted molar refractivity (Wildman–Crippen MR) is 57.0 cm³/mol. The molecule has 0 aromatic carbocycles. The van der Waals surface area contributed by atoms with E-state index in [9.17, 15) is 9.90 Å². The van der Waals surface area contributed by atoms with Crippen LogP contribution in [0.1, 0.15) is 46.5 Å². The van der Waals surface area contributed by atoms with Gasteiger partial charge >= 0.3 is 0 Å². The highest BCUT2D eigenvalue weighted by Crippen LogP contribution is 2.34. The summed E-state index contributed by atoms with van der Waals surface area (Å²) in [5.74, 6) is 1.48. The number of hydrogen-bond acceptors (Lipinski definition) is 2. The molecular weight excluding hydrogens is 176 g/mol. The van der Waals surface area contributed by atoms with Crippen molar-refractivity contribution in [3.05, 3.63) is 0 Å². The smallest absolute Gasteiger partial charge is 0.133 e. The zero-order valence-electron chi connectivity index (χ0n) is 9.49. The van der Waals surface area contributed by atoms with Gasteiger partial charge in [0.05, 0.1) is 6.10 Å². The van der Waals surface area contributed by atoms with Crippen molar-refractivity contribution in [2.24, 2.45) is 17.8 Å². The van der Waals surface area contributed by atoms with Gasteiger partial charge in [-0.25, -0.2) is 0 Å². The molecule has 1 aliphatic carbocycles. The summed E-state index contributed by atoms with van der Waals surface area (Å²) in [6.45, 7) is 5.95. The lowest BCUT2D eigenvalue weighted by Gasteiger charge is -2.33. The fraction of sp³-hybridized carbons (Fsp3) is 0.917. The maximum Gasteiger partial charge on any atom is 0.133 e. The lowest BCUT2D eigenvalue weighted by Crippen LogP contribution is -2.31. The molecule has 0 aromatic rings. The van der Waals surface area contributed by atoms with Crippen molar-refractivity contribution < 1.29 is 9.90 Å². The van der Waals surface area contributed by atoms with Crippen molar-refractivity contribution in [2.75, 3.05) is 0 Å². The lowest BCUT2D eigenvalue weighted by molar-refractivity contribution is -0.124. The Kier molecular flexibility index (Phi) is 4.11. The maximum atomic E-state index is 11.5. The van der Waals surface area contributed by atoms with E-state index in [-0.39, 0.29) is 12.0 Å². The zero-order valence-corrected chi connectivity index (χ0v) is 9.49. The van der Waals surface area contributed by atoms with Crippen LogP contribution in [0.2, 0.25) is 0 Å². The third kappa shape index (κ3) is 2.81. The van der Waals surface area contributed by atoms with Crippen molar-refractivity contribution in [1.29, 1.82) is 0 Å².